The number of halogens is 1. The van der Waals surface area contributed by atoms with E-state index in [1.54, 1.807) is 42.5 Å². The number of hydrogen-bond donors (Lipinski definition) is 1. The van der Waals surface area contributed by atoms with Gasteiger partial charge in [0.2, 0.25) is 5.88 Å². The lowest BCUT2D eigenvalue weighted by Crippen LogP contribution is -2.21. The number of esters is 1. The molecular formula is C31H22FN3O7. The topological polar surface area (TPSA) is 147 Å². The van der Waals surface area contributed by atoms with Crippen molar-refractivity contribution in [3.05, 3.63) is 135 Å². The molecule has 10 nitrogen and oxygen atoms in total. The van der Waals surface area contributed by atoms with Crippen LogP contribution in [-0.2, 0) is 6.61 Å². The van der Waals surface area contributed by atoms with Crippen LogP contribution in [0.4, 0.5) is 10.1 Å². The molecule has 11 heteroatoms. The molecule has 210 valence electrons. The van der Waals surface area contributed by atoms with E-state index < -0.39 is 16.8 Å². The molecule has 0 aliphatic carbocycles. The maximum Gasteiger partial charge on any atom is 0.343 e. The first-order chi connectivity index (χ1) is 20.3. The zero-order valence-corrected chi connectivity index (χ0v) is 22.1. The molecule has 0 spiro atoms. The Balaban J connectivity index is 1.43. The first-order valence-corrected chi connectivity index (χ1v) is 12.5. The normalized spacial score (nSPS) is 13.8. The Labute approximate surface area is 239 Å². The number of nitriles is 1. The number of carbonyl (C=O) groups is 1. The van der Waals surface area contributed by atoms with Crippen molar-refractivity contribution in [3.8, 4) is 29.1 Å². The van der Waals surface area contributed by atoms with Crippen LogP contribution in [0, 0.1) is 27.3 Å². The summed E-state index contributed by atoms with van der Waals surface area (Å²) in [5.74, 6) is -0.896. The Morgan fingerprint density at radius 1 is 1.07 bits per heavy atom. The molecule has 42 heavy (non-hydrogen) atoms. The molecule has 1 aliphatic heterocycles. The van der Waals surface area contributed by atoms with E-state index in [1.165, 1.54) is 43.5 Å². The number of nitro groups is 1. The third kappa shape index (κ3) is 5.55. The van der Waals surface area contributed by atoms with Gasteiger partial charge in [-0.3, -0.25) is 10.1 Å². The molecule has 1 atom stereocenters. The minimum absolute atomic E-state index is 0.00343. The van der Waals surface area contributed by atoms with Crippen LogP contribution in [0.5, 0.6) is 23.0 Å². The number of fused-ring (bicyclic) bond motifs is 1. The predicted octanol–water partition coefficient (Wildman–Crippen LogP) is 5.76. The van der Waals surface area contributed by atoms with E-state index in [1.807, 2.05) is 0 Å². The van der Waals surface area contributed by atoms with Crippen molar-refractivity contribution in [1.82, 2.24) is 0 Å². The van der Waals surface area contributed by atoms with Crippen molar-refractivity contribution in [2.45, 2.75) is 12.5 Å². The molecule has 4 aromatic carbocycles. The van der Waals surface area contributed by atoms with Crippen LogP contribution in [0.1, 0.15) is 33.0 Å². The highest BCUT2D eigenvalue weighted by Crippen LogP contribution is 2.45. The van der Waals surface area contributed by atoms with Crippen molar-refractivity contribution in [1.29, 1.82) is 5.26 Å². The SMILES string of the molecule is COc1cc(C2C(C#N)=C(N)Oc3cc(OC(=O)c4cccc([N+](=O)[O-])c4)ccc32)ccc1OCc1ccccc1F. The zero-order valence-electron chi connectivity index (χ0n) is 22.1. The van der Waals surface area contributed by atoms with Crippen molar-refractivity contribution in [2.24, 2.45) is 5.73 Å². The van der Waals surface area contributed by atoms with Crippen LogP contribution in [0.2, 0.25) is 0 Å². The number of ether oxygens (including phenoxy) is 4. The molecule has 5 rings (SSSR count). The molecule has 2 N–H and O–H groups in total. The minimum atomic E-state index is -0.803. The fourth-order valence-electron chi connectivity index (χ4n) is 4.51. The maximum absolute atomic E-state index is 14.0. The van der Waals surface area contributed by atoms with E-state index in [2.05, 4.69) is 6.07 Å². The summed E-state index contributed by atoms with van der Waals surface area (Å²) in [6, 6.07) is 23.2. The number of allylic oxidation sites excluding steroid dienone is 1. The number of non-ortho nitro benzene ring substituents is 1. The second-order valence-electron chi connectivity index (χ2n) is 9.11. The van der Waals surface area contributed by atoms with Gasteiger partial charge in [0.15, 0.2) is 11.5 Å². The second kappa shape index (κ2) is 11.7. The van der Waals surface area contributed by atoms with Gasteiger partial charge in [0.1, 0.15) is 35.6 Å². The van der Waals surface area contributed by atoms with Crippen molar-refractivity contribution in [3.63, 3.8) is 0 Å². The fourth-order valence-corrected chi connectivity index (χ4v) is 4.51. The van der Waals surface area contributed by atoms with E-state index >= 15 is 0 Å². The highest BCUT2D eigenvalue weighted by Gasteiger charge is 2.32. The summed E-state index contributed by atoms with van der Waals surface area (Å²) in [5.41, 5.74) is 7.61. The quantitative estimate of drug-likeness (QED) is 0.121. The highest BCUT2D eigenvalue weighted by molar-refractivity contribution is 5.91. The van der Waals surface area contributed by atoms with Crippen LogP contribution < -0.4 is 24.7 Å². The summed E-state index contributed by atoms with van der Waals surface area (Å²) in [4.78, 5) is 23.1. The first kappa shape index (κ1) is 27.7. The summed E-state index contributed by atoms with van der Waals surface area (Å²) in [7, 11) is 1.46. The van der Waals surface area contributed by atoms with Gasteiger partial charge in [-0.05, 0) is 35.9 Å². The van der Waals surface area contributed by atoms with E-state index in [0.717, 1.165) is 6.07 Å². The first-order valence-electron chi connectivity index (χ1n) is 12.5. The molecule has 0 bridgehead atoms. The number of nitrogens with zero attached hydrogens (tertiary/aromatic N) is 2. The molecule has 1 unspecified atom stereocenters. The number of nitrogens with two attached hydrogens (primary N) is 1. The van der Waals surface area contributed by atoms with Gasteiger partial charge < -0.3 is 24.7 Å². The zero-order chi connectivity index (χ0) is 29.8. The second-order valence-corrected chi connectivity index (χ2v) is 9.11. The Morgan fingerprint density at radius 2 is 1.88 bits per heavy atom. The number of carbonyl (C=O) groups excluding carboxylic acids is 1. The molecule has 0 amide bonds. The number of nitro benzene ring substituents is 1. The summed E-state index contributed by atoms with van der Waals surface area (Å²) in [6.45, 7) is -0.0173. The lowest BCUT2D eigenvalue weighted by Gasteiger charge is -2.27. The number of hydrogen-bond acceptors (Lipinski definition) is 9. The summed E-state index contributed by atoms with van der Waals surface area (Å²) < 4.78 is 36.5. The van der Waals surface area contributed by atoms with Crippen molar-refractivity contribution in [2.75, 3.05) is 7.11 Å². The lowest BCUT2D eigenvalue weighted by molar-refractivity contribution is -0.384. The van der Waals surface area contributed by atoms with E-state index in [-0.39, 0.29) is 46.6 Å². The van der Waals surface area contributed by atoms with Crippen LogP contribution in [0.3, 0.4) is 0 Å². The standard InChI is InChI=1S/C31H22FN3O7/c1-39-28-14-18(9-12-26(28)40-17-20-5-2-3-8-25(20)32)29-23-11-10-22(15-27(23)42-30(34)24(29)16-33)41-31(36)19-6-4-7-21(13-19)35(37)38/h2-15,29H,17,34H2,1H3. The van der Waals surface area contributed by atoms with Crippen LogP contribution in [0.15, 0.2) is 96.4 Å². The highest BCUT2D eigenvalue weighted by atomic mass is 19.1. The molecule has 1 aliphatic rings. The predicted molar refractivity (Wildman–Crippen MR) is 148 cm³/mol. The molecule has 0 fully saturated rings. The van der Waals surface area contributed by atoms with Crippen molar-refractivity contribution < 1.29 is 33.1 Å². The maximum atomic E-state index is 14.0. The number of methoxy groups -OCH3 is 1. The number of benzene rings is 4. The van der Waals surface area contributed by atoms with E-state index in [9.17, 15) is 24.6 Å². The van der Waals surface area contributed by atoms with Gasteiger partial charge in [-0.2, -0.15) is 5.26 Å². The average Bonchev–Trinajstić information content (AvgIpc) is 3.00. The molecule has 0 aromatic heterocycles. The van der Waals surface area contributed by atoms with Gasteiger partial charge in [0.05, 0.1) is 23.5 Å². The van der Waals surface area contributed by atoms with Gasteiger partial charge in [0.25, 0.3) is 5.69 Å². The molecular weight excluding hydrogens is 545 g/mol. The van der Waals surface area contributed by atoms with Crippen molar-refractivity contribution >= 4 is 11.7 Å². The van der Waals surface area contributed by atoms with Gasteiger partial charge in [-0.1, -0.05) is 36.4 Å². The minimum Gasteiger partial charge on any atom is -0.493 e. The molecule has 0 saturated carbocycles. The van der Waals surface area contributed by atoms with E-state index in [4.69, 9.17) is 24.7 Å². The summed E-state index contributed by atoms with van der Waals surface area (Å²) in [5, 5.41) is 21.0. The fraction of sp³-hybridized carbons (Fsp3) is 0.0968. The third-order valence-corrected chi connectivity index (χ3v) is 6.56. The third-order valence-electron chi connectivity index (χ3n) is 6.56. The Hall–Kier alpha value is -5.89. The summed E-state index contributed by atoms with van der Waals surface area (Å²) in [6.07, 6.45) is 0. The molecule has 0 radical (unpaired) electrons. The molecule has 0 saturated heterocycles. The monoisotopic (exact) mass is 567 g/mol. The Morgan fingerprint density at radius 3 is 2.62 bits per heavy atom. The number of rotatable bonds is 8. The Bertz CT molecular complexity index is 1780. The summed E-state index contributed by atoms with van der Waals surface area (Å²) >= 11 is 0. The van der Waals surface area contributed by atoms with Crippen LogP contribution in [-0.4, -0.2) is 18.0 Å². The largest absolute Gasteiger partial charge is 0.493 e. The van der Waals surface area contributed by atoms with Crippen LogP contribution >= 0.6 is 0 Å². The molecule has 4 aromatic rings. The van der Waals surface area contributed by atoms with Gasteiger partial charge in [-0.15, -0.1) is 0 Å². The Kier molecular flexibility index (Phi) is 7.70. The van der Waals surface area contributed by atoms with Crippen LogP contribution in [0.25, 0.3) is 0 Å². The lowest BCUT2D eigenvalue weighted by atomic mass is 9.83. The average molecular weight is 568 g/mol. The smallest absolute Gasteiger partial charge is 0.343 e. The van der Waals surface area contributed by atoms with Gasteiger partial charge in [-0.25, -0.2) is 9.18 Å². The molecule has 1 heterocycles. The van der Waals surface area contributed by atoms with E-state index in [0.29, 0.717) is 28.2 Å². The van der Waals surface area contributed by atoms with Gasteiger partial charge >= 0.3 is 5.97 Å². The van der Waals surface area contributed by atoms with Gasteiger partial charge in [0, 0.05) is 29.3 Å².